The zero-order valence-electron chi connectivity index (χ0n) is 13.8. The van der Waals surface area contributed by atoms with Gasteiger partial charge in [-0.3, -0.25) is 4.68 Å². The second-order valence-corrected chi connectivity index (χ2v) is 5.46. The fourth-order valence-electron chi connectivity index (χ4n) is 2.31. The molecule has 25 heavy (non-hydrogen) atoms. The van der Waals surface area contributed by atoms with Crippen LogP contribution in [0.5, 0.6) is 0 Å². The molecule has 3 aromatic rings. The predicted octanol–water partition coefficient (Wildman–Crippen LogP) is 2.09. The predicted molar refractivity (Wildman–Crippen MR) is 91.4 cm³/mol. The molecule has 0 aliphatic heterocycles. The zero-order chi connectivity index (χ0) is 17.8. The highest BCUT2D eigenvalue weighted by molar-refractivity contribution is 5.65. The summed E-state index contributed by atoms with van der Waals surface area (Å²) >= 11 is 0. The smallest absolute Gasteiger partial charge is 0.404 e. The van der Waals surface area contributed by atoms with Gasteiger partial charge in [0.15, 0.2) is 5.82 Å². The first kappa shape index (κ1) is 16.4. The Balaban J connectivity index is 1.80. The summed E-state index contributed by atoms with van der Waals surface area (Å²) in [4.78, 5) is 23.3. The van der Waals surface area contributed by atoms with E-state index in [1.807, 2.05) is 38.4 Å². The minimum Gasteiger partial charge on any atom is -0.465 e. The van der Waals surface area contributed by atoms with Gasteiger partial charge in [-0.1, -0.05) is 12.1 Å². The van der Waals surface area contributed by atoms with E-state index in [-0.39, 0.29) is 6.54 Å². The van der Waals surface area contributed by atoms with E-state index >= 15 is 0 Å². The molecule has 0 saturated carbocycles. The van der Waals surface area contributed by atoms with Gasteiger partial charge in [0.1, 0.15) is 6.33 Å². The average molecular weight is 339 g/mol. The van der Waals surface area contributed by atoms with Crippen LogP contribution in [0.4, 0.5) is 16.4 Å². The second-order valence-electron chi connectivity index (χ2n) is 5.46. The Morgan fingerprint density at radius 1 is 1.32 bits per heavy atom. The van der Waals surface area contributed by atoms with Crippen LogP contribution in [-0.4, -0.2) is 35.9 Å². The van der Waals surface area contributed by atoms with E-state index in [9.17, 15) is 4.79 Å². The van der Waals surface area contributed by atoms with Crippen LogP contribution in [0.3, 0.4) is 0 Å². The fraction of sp³-hybridized carbons (Fsp3) is 0.188. The minimum absolute atomic E-state index is 0.256. The summed E-state index contributed by atoms with van der Waals surface area (Å²) in [5.41, 5.74) is 3.46. The van der Waals surface area contributed by atoms with Crippen LogP contribution in [0, 0.1) is 6.92 Å². The molecule has 1 aromatic carbocycles. The number of aryl methyl sites for hydroxylation is 2. The number of hydrogen-bond donors (Lipinski definition) is 3. The Kier molecular flexibility index (Phi) is 4.55. The molecule has 0 aliphatic rings. The minimum atomic E-state index is -1.05. The normalized spacial score (nSPS) is 10.5. The summed E-state index contributed by atoms with van der Waals surface area (Å²) in [6.07, 6.45) is 3.89. The van der Waals surface area contributed by atoms with Crippen LogP contribution in [0.2, 0.25) is 0 Å². The van der Waals surface area contributed by atoms with Crippen molar-refractivity contribution in [1.82, 2.24) is 30.0 Å². The number of benzene rings is 1. The molecule has 0 spiro atoms. The molecule has 0 unspecified atom stereocenters. The number of aromatic nitrogens is 5. The monoisotopic (exact) mass is 339 g/mol. The topological polar surface area (TPSA) is 118 Å². The van der Waals surface area contributed by atoms with Crippen LogP contribution >= 0.6 is 0 Å². The molecular formula is C16H17N7O2. The van der Waals surface area contributed by atoms with Gasteiger partial charge in [0.2, 0.25) is 5.95 Å². The van der Waals surface area contributed by atoms with Gasteiger partial charge in [-0.15, -0.1) is 0 Å². The number of carboxylic acid groups (broad SMARTS) is 1. The van der Waals surface area contributed by atoms with Gasteiger partial charge in [0.05, 0.1) is 11.9 Å². The van der Waals surface area contributed by atoms with Crippen molar-refractivity contribution in [2.75, 3.05) is 5.32 Å². The first-order valence-corrected chi connectivity index (χ1v) is 7.52. The molecule has 3 N–H and O–H groups in total. The molecule has 0 saturated heterocycles. The maximum atomic E-state index is 10.6. The van der Waals surface area contributed by atoms with Gasteiger partial charge in [-0.25, -0.2) is 14.8 Å². The lowest BCUT2D eigenvalue weighted by atomic mass is 10.0. The fourth-order valence-corrected chi connectivity index (χ4v) is 2.31. The van der Waals surface area contributed by atoms with Crippen molar-refractivity contribution in [2.24, 2.45) is 7.05 Å². The number of rotatable bonds is 5. The summed E-state index contributed by atoms with van der Waals surface area (Å²) in [7, 11) is 1.83. The van der Waals surface area contributed by atoms with Gasteiger partial charge < -0.3 is 15.7 Å². The summed E-state index contributed by atoms with van der Waals surface area (Å²) in [5, 5.41) is 18.2. The van der Waals surface area contributed by atoms with Crippen molar-refractivity contribution < 1.29 is 9.90 Å². The number of anilines is 2. The highest BCUT2D eigenvalue weighted by Crippen LogP contribution is 2.20. The second kappa shape index (κ2) is 6.95. The molecule has 0 bridgehead atoms. The molecule has 0 aliphatic carbocycles. The molecule has 3 rings (SSSR count). The SMILES string of the molecule is Cc1cc(-c2ncnc(Nc3cnn(C)c3)n2)ccc1CNC(=O)O. The molecule has 2 aromatic heterocycles. The van der Waals surface area contributed by atoms with E-state index in [0.29, 0.717) is 11.8 Å². The first-order valence-electron chi connectivity index (χ1n) is 7.52. The third-order valence-electron chi connectivity index (χ3n) is 3.56. The molecule has 2 heterocycles. The van der Waals surface area contributed by atoms with Crippen molar-refractivity contribution in [3.63, 3.8) is 0 Å². The molecule has 0 atom stereocenters. The van der Waals surface area contributed by atoms with Crippen LogP contribution in [0.1, 0.15) is 11.1 Å². The standard InChI is InChI=1S/C16H17N7O2/c1-10-5-11(3-4-12(10)6-17-16(24)25)14-18-9-19-15(22-14)21-13-7-20-23(2)8-13/h3-5,7-9,17H,6H2,1-2H3,(H,24,25)(H,18,19,21,22). The van der Waals surface area contributed by atoms with E-state index in [4.69, 9.17) is 5.11 Å². The summed E-state index contributed by atoms with van der Waals surface area (Å²) in [5.74, 6) is 0.953. The molecule has 128 valence electrons. The largest absolute Gasteiger partial charge is 0.465 e. The van der Waals surface area contributed by atoms with Crippen LogP contribution in [0.15, 0.2) is 36.9 Å². The van der Waals surface area contributed by atoms with Gasteiger partial charge >= 0.3 is 6.09 Å². The summed E-state index contributed by atoms with van der Waals surface area (Å²) in [6.45, 7) is 2.17. The zero-order valence-corrected chi connectivity index (χ0v) is 13.8. The third kappa shape index (κ3) is 4.08. The molecule has 9 nitrogen and oxygen atoms in total. The number of hydrogen-bond acceptors (Lipinski definition) is 6. The summed E-state index contributed by atoms with van der Waals surface area (Å²) in [6, 6.07) is 5.63. The Labute approximate surface area is 143 Å². The Morgan fingerprint density at radius 2 is 2.16 bits per heavy atom. The van der Waals surface area contributed by atoms with Crippen molar-refractivity contribution in [3.05, 3.63) is 48.0 Å². The molecule has 1 amide bonds. The summed E-state index contributed by atoms with van der Waals surface area (Å²) < 4.78 is 1.68. The van der Waals surface area contributed by atoms with Gasteiger partial charge in [0, 0.05) is 25.4 Å². The van der Waals surface area contributed by atoms with E-state index in [1.165, 1.54) is 6.33 Å². The lowest BCUT2D eigenvalue weighted by Crippen LogP contribution is -2.20. The number of carbonyl (C=O) groups is 1. The highest BCUT2D eigenvalue weighted by Gasteiger charge is 2.08. The third-order valence-corrected chi connectivity index (χ3v) is 3.56. The molecule has 9 heteroatoms. The Hall–Kier alpha value is -3.49. The van der Waals surface area contributed by atoms with Crippen molar-refractivity contribution in [1.29, 1.82) is 0 Å². The quantitative estimate of drug-likeness (QED) is 0.651. The van der Waals surface area contributed by atoms with Crippen molar-refractivity contribution in [3.8, 4) is 11.4 Å². The van der Waals surface area contributed by atoms with E-state index in [1.54, 1.807) is 10.9 Å². The Bertz CT molecular complexity index is 907. The Morgan fingerprint density at radius 3 is 2.84 bits per heavy atom. The van der Waals surface area contributed by atoms with Crippen LogP contribution in [0.25, 0.3) is 11.4 Å². The molecule has 0 radical (unpaired) electrons. The lowest BCUT2D eigenvalue weighted by Gasteiger charge is -2.09. The number of nitrogens with zero attached hydrogens (tertiary/aromatic N) is 5. The van der Waals surface area contributed by atoms with E-state index in [2.05, 4.69) is 30.7 Å². The number of amides is 1. The number of nitrogens with one attached hydrogen (secondary N) is 2. The first-order chi connectivity index (χ1) is 12.0. The lowest BCUT2D eigenvalue weighted by molar-refractivity contribution is 0.194. The maximum absolute atomic E-state index is 10.6. The van der Waals surface area contributed by atoms with Gasteiger partial charge in [-0.2, -0.15) is 10.1 Å². The average Bonchev–Trinajstić information content (AvgIpc) is 2.98. The maximum Gasteiger partial charge on any atom is 0.404 e. The van der Waals surface area contributed by atoms with Crippen LogP contribution in [-0.2, 0) is 13.6 Å². The highest BCUT2D eigenvalue weighted by atomic mass is 16.4. The van der Waals surface area contributed by atoms with Gasteiger partial charge in [-0.05, 0) is 24.1 Å². The molecule has 0 fully saturated rings. The van der Waals surface area contributed by atoms with Crippen molar-refractivity contribution >= 4 is 17.7 Å². The van der Waals surface area contributed by atoms with Crippen molar-refractivity contribution in [2.45, 2.75) is 13.5 Å². The van der Waals surface area contributed by atoms with Crippen LogP contribution < -0.4 is 10.6 Å². The van der Waals surface area contributed by atoms with E-state index < -0.39 is 6.09 Å². The molecular weight excluding hydrogens is 322 g/mol. The van der Waals surface area contributed by atoms with E-state index in [0.717, 1.165) is 22.4 Å². The van der Waals surface area contributed by atoms with Gasteiger partial charge in [0.25, 0.3) is 0 Å².